The van der Waals surface area contributed by atoms with E-state index in [4.69, 9.17) is 4.74 Å². The standard InChI is InChI=1S/C25H25N5O2/c1-18-9-10-23-27-20(16-30(23)15-18)17-32-21-7-4-6-19(14-21)25(31)28-22-8-5-11-26-24(22)29-12-2-3-13-29/h4-11,14-16H,2-3,12-13,17H2,1H3,(H,28,31). The first-order chi connectivity index (χ1) is 15.7. The molecule has 162 valence electrons. The summed E-state index contributed by atoms with van der Waals surface area (Å²) in [4.78, 5) is 24.2. The maximum atomic E-state index is 12.9. The summed E-state index contributed by atoms with van der Waals surface area (Å²) in [6, 6.07) is 14.9. The van der Waals surface area contributed by atoms with Gasteiger partial charge in [-0.1, -0.05) is 12.1 Å². The topological polar surface area (TPSA) is 71.8 Å². The van der Waals surface area contributed by atoms with Gasteiger partial charge in [-0.15, -0.1) is 0 Å². The number of carbonyl (C=O) groups is 1. The monoisotopic (exact) mass is 427 g/mol. The molecule has 7 heteroatoms. The fourth-order valence-corrected chi connectivity index (χ4v) is 3.98. The van der Waals surface area contributed by atoms with E-state index in [2.05, 4.69) is 20.2 Å². The number of rotatable bonds is 6. The first kappa shape index (κ1) is 20.1. The molecule has 0 radical (unpaired) electrons. The van der Waals surface area contributed by atoms with Crippen molar-refractivity contribution in [3.63, 3.8) is 0 Å². The minimum atomic E-state index is -0.188. The van der Waals surface area contributed by atoms with Crippen molar-refractivity contribution in [2.45, 2.75) is 26.4 Å². The van der Waals surface area contributed by atoms with Crippen LogP contribution in [0.4, 0.5) is 11.5 Å². The van der Waals surface area contributed by atoms with Crippen molar-refractivity contribution < 1.29 is 9.53 Å². The lowest BCUT2D eigenvalue weighted by Crippen LogP contribution is -2.22. The van der Waals surface area contributed by atoms with Crippen LogP contribution >= 0.6 is 0 Å². The van der Waals surface area contributed by atoms with E-state index >= 15 is 0 Å². The zero-order chi connectivity index (χ0) is 21.9. The van der Waals surface area contributed by atoms with Crippen LogP contribution in [0.5, 0.6) is 5.75 Å². The Bertz CT molecular complexity index is 1260. The quantitative estimate of drug-likeness (QED) is 0.492. The highest BCUT2D eigenvalue weighted by Gasteiger charge is 2.18. The van der Waals surface area contributed by atoms with Crippen LogP contribution < -0.4 is 15.0 Å². The van der Waals surface area contributed by atoms with Crippen molar-refractivity contribution >= 4 is 23.1 Å². The first-order valence-electron chi connectivity index (χ1n) is 10.8. The van der Waals surface area contributed by atoms with E-state index in [0.29, 0.717) is 17.9 Å². The molecule has 0 aliphatic carbocycles. The zero-order valence-corrected chi connectivity index (χ0v) is 18.0. The maximum absolute atomic E-state index is 12.9. The molecule has 4 heterocycles. The van der Waals surface area contributed by atoms with Crippen molar-refractivity contribution in [1.82, 2.24) is 14.4 Å². The van der Waals surface area contributed by atoms with E-state index in [1.807, 2.05) is 60.1 Å². The summed E-state index contributed by atoms with van der Waals surface area (Å²) in [7, 11) is 0. The number of amides is 1. The van der Waals surface area contributed by atoms with Crippen LogP contribution in [0.3, 0.4) is 0 Å². The number of hydrogen-bond acceptors (Lipinski definition) is 5. The molecule has 4 aromatic rings. The van der Waals surface area contributed by atoms with Crippen LogP contribution in [0, 0.1) is 6.92 Å². The van der Waals surface area contributed by atoms with Crippen LogP contribution in [0.2, 0.25) is 0 Å². The van der Waals surface area contributed by atoms with Crippen molar-refractivity contribution in [3.8, 4) is 5.75 Å². The van der Waals surface area contributed by atoms with Gasteiger partial charge in [0.2, 0.25) is 0 Å². The Kier molecular flexibility index (Phi) is 5.46. The van der Waals surface area contributed by atoms with Crippen LogP contribution in [-0.2, 0) is 6.61 Å². The van der Waals surface area contributed by atoms with Crippen molar-refractivity contribution in [2.24, 2.45) is 0 Å². The number of hydrogen-bond donors (Lipinski definition) is 1. The molecule has 1 amide bonds. The molecule has 3 aromatic heterocycles. The number of aryl methyl sites for hydroxylation is 1. The van der Waals surface area contributed by atoms with Crippen molar-refractivity contribution in [2.75, 3.05) is 23.3 Å². The molecule has 1 aliphatic heterocycles. The summed E-state index contributed by atoms with van der Waals surface area (Å²) < 4.78 is 7.91. The number of benzene rings is 1. The molecule has 1 fully saturated rings. The predicted molar refractivity (Wildman–Crippen MR) is 124 cm³/mol. The Morgan fingerprint density at radius 3 is 2.84 bits per heavy atom. The van der Waals surface area contributed by atoms with Crippen LogP contribution in [0.25, 0.3) is 5.65 Å². The lowest BCUT2D eigenvalue weighted by Gasteiger charge is -2.20. The van der Waals surface area contributed by atoms with Gasteiger partial charge in [-0.2, -0.15) is 0 Å². The minimum absolute atomic E-state index is 0.188. The first-order valence-corrected chi connectivity index (χ1v) is 10.8. The van der Waals surface area contributed by atoms with E-state index in [0.717, 1.165) is 48.8 Å². The highest BCUT2D eigenvalue weighted by atomic mass is 16.5. The molecular formula is C25H25N5O2. The molecule has 1 saturated heterocycles. The summed E-state index contributed by atoms with van der Waals surface area (Å²) in [6.45, 7) is 4.30. The third-order valence-electron chi connectivity index (χ3n) is 5.57. The van der Waals surface area contributed by atoms with Gasteiger partial charge < -0.3 is 19.4 Å². The second-order valence-corrected chi connectivity index (χ2v) is 8.04. The second kappa shape index (κ2) is 8.70. The van der Waals surface area contributed by atoms with Gasteiger partial charge in [-0.05, 0) is 61.7 Å². The Hall–Kier alpha value is -3.87. The number of carbonyl (C=O) groups excluding carboxylic acids is 1. The average Bonchev–Trinajstić information content (AvgIpc) is 3.48. The molecule has 1 aromatic carbocycles. The number of aromatic nitrogens is 3. The number of nitrogens with zero attached hydrogens (tertiary/aromatic N) is 4. The summed E-state index contributed by atoms with van der Waals surface area (Å²) in [6.07, 6.45) is 8.05. The fourth-order valence-electron chi connectivity index (χ4n) is 3.98. The molecule has 0 atom stereocenters. The number of pyridine rings is 2. The minimum Gasteiger partial charge on any atom is -0.487 e. The number of nitrogens with one attached hydrogen (secondary N) is 1. The summed E-state index contributed by atoms with van der Waals surface area (Å²) in [5, 5.41) is 3.01. The number of ether oxygens (including phenoxy) is 1. The van der Waals surface area contributed by atoms with E-state index in [1.165, 1.54) is 5.56 Å². The Morgan fingerprint density at radius 1 is 1.09 bits per heavy atom. The highest BCUT2D eigenvalue weighted by molar-refractivity contribution is 6.05. The molecule has 32 heavy (non-hydrogen) atoms. The number of anilines is 2. The maximum Gasteiger partial charge on any atom is 0.255 e. The van der Waals surface area contributed by atoms with Crippen LogP contribution in [0.1, 0.15) is 34.5 Å². The second-order valence-electron chi connectivity index (χ2n) is 8.04. The van der Waals surface area contributed by atoms with Crippen molar-refractivity contribution in [3.05, 3.63) is 83.9 Å². The van der Waals surface area contributed by atoms with Gasteiger partial charge in [0.1, 0.15) is 18.0 Å². The Balaban J connectivity index is 1.28. The number of imidazole rings is 1. The van der Waals surface area contributed by atoms with E-state index in [1.54, 1.807) is 18.3 Å². The molecule has 1 N–H and O–H groups in total. The van der Waals surface area contributed by atoms with E-state index in [-0.39, 0.29) is 5.91 Å². The molecule has 1 aliphatic rings. The average molecular weight is 428 g/mol. The third kappa shape index (κ3) is 4.27. The predicted octanol–water partition coefficient (Wildman–Crippen LogP) is 4.47. The Labute approximate surface area is 186 Å². The SMILES string of the molecule is Cc1ccc2nc(COc3cccc(C(=O)Nc4cccnc4N4CCCC4)c3)cn2c1. The summed E-state index contributed by atoms with van der Waals surface area (Å²) >= 11 is 0. The molecule has 7 nitrogen and oxygen atoms in total. The largest absolute Gasteiger partial charge is 0.487 e. The van der Waals surface area contributed by atoms with Crippen molar-refractivity contribution in [1.29, 1.82) is 0 Å². The van der Waals surface area contributed by atoms with E-state index < -0.39 is 0 Å². The van der Waals surface area contributed by atoms with Gasteiger partial charge in [0.05, 0.1) is 11.4 Å². The van der Waals surface area contributed by atoms with Gasteiger partial charge in [-0.25, -0.2) is 9.97 Å². The van der Waals surface area contributed by atoms with Gasteiger partial charge in [0, 0.05) is 37.2 Å². The van der Waals surface area contributed by atoms with Gasteiger partial charge in [0.25, 0.3) is 5.91 Å². The fraction of sp³-hybridized carbons (Fsp3) is 0.240. The summed E-state index contributed by atoms with van der Waals surface area (Å²) in [5.74, 6) is 1.26. The van der Waals surface area contributed by atoms with Crippen LogP contribution in [-0.4, -0.2) is 33.4 Å². The normalized spacial score (nSPS) is 13.5. The van der Waals surface area contributed by atoms with Gasteiger partial charge >= 0.3 is 0 Å². The summed E-state index contributed by atoms with van der Waals surface area (Å²) in [5.41, 5.74) is 4.14. The molecule has 0 spiro atoms. The highest BCUT2D eigenvalue weighted by Crippen LogP contribution is 2.27. The van der Waals surface area contributed by atoms with E-state index in [9.17, 15) is 4.79 Å². The molecular weight excluding hydrogens is 402 g/mol. The number of fused-ring (bicyclic) bond motifs is 1. The molecule has 0 saturated carbocycles. The van der Waals surface area contributed by atoms with Crippen LogP contribution in [0.15, 0.2) is 67.1 Å². The zero-order valence-electron chi connectivity index (χ0n) is 18.0. The molecule has 0 bridgehead atoms. The third-order valence-corrected chi connectivity index (χ3v) is 5.57. The molecule has 0 unspecified atom stereocenters. The lowest BCUT2D eigenvalue weighted by molar-refractivity contribution is 0.102. The molecule has 5 rings (SSSR count). The van der Waals surface area contributed by atoms with Gasteiger partial charge in [-0.3, -0.25) is 4.79 Å². The lowest BCUT2D eigenvalue weighted by atomic mass is 10.2. The smallest absolute Gasteiger partial charge is 0.255 e. The van der Waals surface area contributed by atoms with Gasteiger partial charge in [0.15, 0.2) is 5.82 Å². The Morgan fingerprint density at radius 2 is 1.97 bits per heavy atom.